The van der Waals surface area contributed by atoms with E-state index in [1.807, 2.05) is 19.1 Å². The van der Waals surface area contributed by atoms with Crippen molar-refractivity contribution in [1.82, 2.24) is 4.98 Å². The van der Waals surface area contributed by atoms with E-state index in [2.05, 4.69) is 17.1 Å². The van der Waals surface area contributed by atoms with E-state index in [4.69, 9.17) is 5.11 Å². The molecule has 1 aliphatic rings. The van der Waals surface area contributed by atoms with E-state index in [-0.39, 0.29) is 0 Å². The Balaban J connectivity index is 1.98. The second-order valence-corrected chi connectivity index (χ2v) is 5.47. The lowest BCUT2D eigenvalue weighted by Crippen LogP contribution is -2.17. The zero-order chi connectivity index (χ0) is 12.7. The van der Waals surface area contributed by atoms with Crippen LogP contribution in [0, 0.1) is 0 Å². The van der Waals surface area contributed by atoms with E-state index < -0.39 is 5.97 Å². The third kappa shape index (κ3) is 1.64. The van der Waals surface area contributed by atoms with E-state index in [0.29, 0.717) is 22.9 Å². The molecule has 1 aromatic carbocycles. The van der Waals surface area contributed by atoms with E-state index in [0.717, 1.165) is 11.4 Å². The second-order valence-electron chi connectivity index (χ2n) is 4.44. The largest absolute Gasteiger partial charge is 0.477 e. The van der Waals surface area contributed by atoms with Crippen LogP contribution in [-0.2, 0) is 12.8 Å². The van der Waals surface area contributed by atoms with Gasteiger partial charge in [0.05, 0.1) is 5.69 Å². The number of fused-ring (bicyclic) bond motifs is 1. The minimum atomic E-state index is -0.858. The van der Waals surface area contributed by atoms with Crippen molar-refractivity contribution in [3.05, 3.63) is 51.0 Å². The van der Waals surface area contributed by atoms with Gasteiger partial charge in [0.2, 0.25) is 0 Å². The van der Waals surface area contributed by atoms with Crippen molar-refractivity contribution in [2.24, 2.45) is 0 Å². The summed E-state index contributed by atoms with van der Waals surface area (Å²) in [4.78, 5) is 16.0. The van der Waals surface area contributed by atoms with Crippen LogP contribution in [-0.4, -0.2) is 16.1 Å². The molecule has 1 aliphatic carbocycles. The van der Waals surface area contributed by atoms with E-state index in [1.165, 1.54) is 22.5 Å². The molecule has 2 aromatic rings. The minimum Gasteiger partial charge on any atom is -0.477 e. The number of hydrogen-bond donors (Lipinski definition) is 1. The maximum absolute atomic E-state index is 11.1. The number of hydrogen-bond acceptors (Lipinski definition) is 3. The SMILES string of the molecule is CCc1nc(C2Cc3ccccc32)sc1C(=O)O. The molecule has 3 rings (SSSR count). The van der Waals surface area contributed by atoms with Crippen LogP contribution in [0.4, 0.5) is 0 Å². The van der Waals surface area contributed by atoms with Gasteiger partial charge in [0, 0.05) is 5.92 Å². The Morgan fingerprint density at radius 2 is 2.28 bits per heavy atom. The summed E-state index contributed by atoms with van der Waals surface area (Å²) in [5.74, 6) is -0.562. The molecule has 1 N–H and O–H groups in total. The predicted molar refractivity (Wildman–Crippen MR) is 70.4 cm³/mol. The normalized spacial score (nSPS) is 17.1. The van der Waals surface area contributed by atoms with Crippen LogP contribution < -0.4 is 0 Å². The molecule has 3 nitrogen and oxygen atoms in total. The average molecular weight is 259 g/mol. The van der Waals surface area contributed by atoms with Gasteiger partial charge in [-0.15, -0.1) is 11.3 Å². The molecule has 1 atom stereocenters. The van der Waals surface area contributed by atoms with Crippen LogP contribution >= 0.6 is 11.3 Å². The van der Waals surface area contributed by atoms with Gasteiger partial charge >= 0.3 is 5.97 Å². The fourth-order valence-electron chi connectivity index (χ4n) is 2.40. The Bertz CT molecular complexity index is 618. The lowest BCUT2D eigenvalue weighted by atomic mass is 9.78. The molecule has 0 saturated heterocycles. The monoisotopic (exact) mass is 259 g/mol. The Morgan fingerprint density at radius 3 is 2.89 bits per heavy atom. The number of carbonyl (C=O) groups is 1. The van der Waals surface area contributed by atoms with Gasteiger partial charge in [-0.2, -0.15) is 0 Å². The number of aryl methyl sites for hydroxylation is 1. The topological polar surface area (TPSA) is 50.2 Å². The molecule has 0 spiro atoms. The fraction of sp³-hybridized carbons (Fsp3) is 0.286. The molecule has 1 aromatic heterocycles. The van der Waals surface area contributed by atoms with Crippen LogP contribution in [0.3, 0.4) is 0 Å². The summed E-state index contributed by atoms with van der Waals surface area (Å²) >= 11 is 1.33. The van der Waals surface area contributed by atoms with E-state index >= 15 is 0 Å². The molecule has 4 heteroatoms. The molecule has 92 valence electrons. The molecule has 1 heterocycles. The Hall–Kier alpha value is -1.68. The molecule has 0 fully saturated rings. The summed E-state index contributed by atoms with van der Waals surface area (Å²) in [6.45, 7) is 1.94. The smallest absolute Gasteiger partial charge is 0.347 e. The first-order valence-corrected chi connectivity index (χ1v) is 6.83. The second kappa shape index (κ2) is 4.21. The molecule has 0 bridgehead atoms. The zero-order valence-corrected chi connectivity index (χ0v) is 10.8. The van der Waals surface area contributed by atoms with Crippen molar-refractivity contribution in [1.29, 1.82) is 0 Å². The van der Waals surface area contributed by atoms with Gasteiger partial charge < -0.3 is 5.11 Å². The number of rotatable bonds is 3. The summed E-state index contributed by atoms with van der Waals surface area (Å²) in [5, 5.41) is 10.1. The summed E-state index contributed by atoms with van der Waals surface area (Å²) in [6.07, 6.45) is 1.65. The Labute approximate surface area is 109 Å². The Kier molecular flexibility index (Phi) is 2.67. The van der Waals surface area contributed by atoms with Gasteiger partial charge in [0.1, 0.15) is 9.88 Å². The minimum absolute atomic E-state index is 0.296. The summed E-state index contributed by atoms with van der Waals surface area (Å²) < 4.78 is 0. The van der Waals surface area contributed by atoms with Crippen molar-refractivity contribution in [2.75, 3.05) is 0 Å². The number of carboxylic acids is 1. The van der Waals surface area contributed by atoms with E-state index in [9.17, 15) is 4.79 Å². The van der Waals surface area contributed by atoms with Crippen LogP contribution in [0.5, 0.6) is 0 Å². The summed E-state index contributed by atoms with van der Waals surface area (Å²) in [5.41, 5.74) is 3.37. The predicted octanol–water partition coefficient (Wildman–Crippen LogP) is 3.09. The lowest BCUT2D eigenvalue weighted by molar-refractivity contribution is 0.0701. The van der Waals surface area contributed by atoms with Crippen molar-refractivity contribution >= 4 is 17.3 Å². The quantitative estimate of drug-likeness (QED) is 0.921. The molecule has 18 heavy (non-hydrogen) atoms. The van der Waals surface area contributed by atoms with Gasteiger partial charge in [0.25, 0.3) is 0 Å². The number of aromatic carboxylic acids is 1. The third-order valence-corrected chi connectivity index (χ3v) is 4.59. The standard InChI is InChI=1S/C14H13NO2S/c1-2-11-12(14(16)17)18-13(15-11)10-7-8-5-3-4-6-9(8)10/h3-6,10H,2,7H2,1H3,(H,16,17). The highest BCUT2D eigenvalue weighted by molar-refractivity contribution is 7.13. The van der Waals surface area contributed by atoms with Gasteiger partial charge in [-0.1, -0.05) is 31.2 Å². The molecular formula is C14H13NO2S. The highest BCUT2D eigenvalue weighted by Crippen LogP contribution is 2.42. The average Bonchev–Trinajstić information content (AvgIpc) is 2.74. The van der Waals surface area contributed by atoms with Crippen molar-refractivity contribution in [3.63, 3.8) is 0 Å². The molecule has 0 amide bonds. The molecule has 1 unspecified atom stereocenters. The first-order chi connectivity index (χ1) is 8.70. The molecular weight excluding hydrogens is 246 g/mol. The van der Waals surface area contributed by atoms with Crippen LogP contribution in [0.2, 0.25) is 0 Å². The van der Waals surface area contributed by atoms with Crippen molar-refractivity contribution in [3.8, 4) is 0 Å². The van der Waals surface area contributed by atoms with E-state index in [1.54, 1.807) is 0 Å². The Morgan fingerprint density at radius 1 is 1.50 bits per heavy atom. The molecule has 0 radical (unpaired) electrons. The summed E-state index contributed by atoms with van der Waals surface area (Å²) in [6, 6.07) is 8.30. The van der Waals surface area contributed by atoms with Gasteiger partial charge in [-0.05, 0) is 24.0 Å². The molecule has 0 saturated carbocycles. The van der Waals surface area contributed by atoms with Crippen LogP contribution in [0.25, 0.3) is 0 Å². The first kappa shape index (κ1) is 11.4. The first-order valence-electron chi connectivity index (χ1n) is 6.01. The maximum atomic E-state index is 11.1. The number of carboxylic acid groups (broad SMARTS) is 1. The number of benzene rings is 1. The van der Waals surface area contributed by atoms with Crippen molar-refractivity contribution < 1.29 is 9.90 Å². The number of aromatic nitrogens is 1. The third-order valence-electron chi connectivity index (χ3n) is 3.40. The van der Waals surface area contributed by atoms with Gasteiger partial charge in [0.15, 0.2) is 0 Å². The van der Waals surface area contributed by atoms with Crippen molar-refractivity contribution in [2.45, 2.75) is 25.7 Å². The zero-order valence-electron chi connectivity index (χ0n) is 10.0. The van der Waals surface area contributed by atoms with Crippen LogP contribution in [0.1, 0.15) is 44.3 Å². The number of thiazole rings is 1. The maximum Gasteiger partial charge on any atom is 0.347 e. The summed E-state index contributed by atoms with van der Waals surface area (Å²) in [7, 11) is 0. The molecule has 0 aliphatic heterocycles. The highest BCUT2D eigenvalue weighted by Gasteiger charge is 2.31. The van der Waals surface area contributed by atoms with Gasteiger partial charge in [-0.3, -0.25) is 0 Å². The number of nitrogens with zero attached hydrogens (tertiary/aromatic N) is 1. The van der Waals surface area contributed by atoms with Crippen LogP contribution in [0.15, 0.2) is 24.3 Å². The van der Waals surface area contributed by atoms with Gasteiger partial charge in [-0.25, -0.2) is 9.78 Å². The highest BCUT2D eigenvalue weighted by atomic mass is 32.1. The fourth-order valence-corrected chi connectivity index (χ4v) is 3.52. The lowest BCUT2D eigenvalue weighted by Gasteiger charge is -2.28.